The van der Waals surface area contributed by atoms with Gasteiger partial charge in [0.25, 0.3) is 0 Å². The summed E-state index contributed by atoms with van der Waals surface area (Å²) < 4.78 is 5.21. The van der Waals surface area contributed by atoms with Gasteiger partial charge in [0, 0.05) is 11.3 Å². The van der Waals surface area contributed by atoms with Crippen LogP contribution in [0.4, 0.5) is 0 Å². The Morgan fingerprint density at radius 3 is 3.00 bits per heavy atom. The summed E-state index contributed by atoms with van der Waals surface area (Å²) in [5.74, 6) is -0.301. The molecule has 1 aliphatic carbocycles. The maximum atomic E-state index is 10.6. The lowest BCUT2D eigenvalue weighted by Crippen LogP contribution is -1.99. The summed E-state index contributed by atoms with van der Waals surface area (Å²) in [7, 11) is 0. The molecule has 1 heterocycles. The van der Waals surface area contributed by atoms with E-state index < -0.39 is 5.97 Å². The highest BCUT2D eigenvalue weighted by molar-refractivity contribution is 5.82. The van der Waals surface area contributed by atoms with E-state index in [1.165, 1.54) is 0 Å². The molecular formula is C12H11NO3. The SMILES string of the molecule is O=C(O)Cc1ccc2onc(C3CC3)c2c1. The van der Waals surface area contributed by atoms with Crippen LogP contribution in [0.1, 0.15) is 30.0 Å². The molecule has 1 aliphatic rings. The summed E-state index contributed by atoms with van der Waals surface area (Å²) in [5.41, 5.74) is 2.53. The molecule has 0 radical (unpaired) electrons. The number of rotatable bonds is 3. The standard InChI is InChI=1S/C12H11NO3/c14-11(15)6-7-1-4-10-9(5-7)12(13-16-10)8-2-3-8/h1,4-5,8H,2-3,6H2,(H,14,15). The van der Waals surface area contributed by atoms with E-state index in [-0.39, 0.29) is 6.42 Å². The number of benzene rings is 1. The number of carboxylic acid groups (broad SMARTS) is 1. The highest BCUT2D eigenvalue weighted by Crippen LogP contribution is 2.42. The number of carbonyl (C=O) groups is 1. The number of nitrogens with zero attached hydrogens (tertiary/aromatic N) is 1. The van der Waals surface area contributed by atoms with Crippen molar-refractivity contribution in [1.29, 1.82) is 0 Å². The van der Waals surface area contributed by atoms with Gasteiger partial charge in [0.15, 0.2) is 5.58 Å². The van der Waals surface area contributed by atoms with Crippen LogP contribution in [0.25, 0.3) is 11.0 Å². The molecule has 1 aromatic carbocycles. The van der Waals surface area contributed by atoms with Gasteiger partial charge in [0.05, 0.1) is 12.1 Å². The Morgan fingerprint density at radius 1 is 1.50 bits per heavy atom. The molecule has 4 heteroatoms. The molecular weight excluding hydrogens is 206 g/mol. The normalized spacial score (nSPS) is 15.5. The van der Waals surface area contributed by atoms with Crippen LogP contribution in [0.15, 0.2) is 22.7 Å². The van der Waals surface area contributed by atoms with E-state index in [4.69, 9.17) is 9.63 Å². The number of aromatic nitrogens is 1. The van der Waals surface area contributed by atoms with Crippen LogP contribution in [-0.4, -0.2) is 16.2 Å². The number of carboxylic acids is 1. The van der Waals surface area contributed by atoms with Gasteiger partial charge in [-0.3, -0.25) is 4.79 Å². The van der Waals surface area contributed by atoms with Gasteiger partial charge in [-0.25, -0.2) is 0 Å². The fraction of sp³-hybridized carbons (Fsp3) is 0.333. The van der Waals surface area contributed by atoms with Crippen molar-refractivity contribution in [3.05, 3.63) is 29.5 Å². The van der Waals surface area contributed by atoms with Crippen LogP contribution in [0, 0.1) is 0 Å². The summed E-state index contributed by atoms with van der Waals surface area (Å²) >= 11 is 0. The maximum Gasteiger partial charge on any atom is 0.307 e. The Balaban J connectivity index is 2.06. The van der Waals surface area contributed by atoms with Crippen molar-refractivity contribution < 1.29 is 14.4 Å². The van der Waals surface area contributed by atoms with Gasteiger partial charge in [-0.1, -0.05) is 11.2 Å². The molecule has 82 valence electrons. The van der Waals surface area contributed by atoms with Crippen molar-refractivity contribution in [2.75, 3.05) is 0 Å². The zero-order chi connectivity index (χ0) is 11.1. The fourth-order valence-electron chi connectivity index (χ4n) is 1.94. The first-order valence-corrected chi connectivity index (χ1v) is 5.34. The second-order valence-corrected chi connectivity index (χ2v) is 4.24. The van der Waals surface area contributed by atoms with Crippen LogP contribution in [0.5, 0.6) is 0 Å². The Labute approximate surface area is 91.9 Å². The third kappa shape index (κ3) is 1.56. The average Bonchev–Trinajstić information content (AvgIpc) is 2.98. The number of aliphatic carboxylic acids is 1. The molecule has 0 unspecified atom stereocenters. The largest absolute Gasteiger partial charge is 0.481 e. The molecule has 1 saturated carbocycles. The highest BCUT2D eigenvalue weighted by atomic mass is 16.5. The Kier molecular flexibility index (Phi) is 1.96. The molecule has 1 fully saturated rings. The van der Waals surface area contributed by atoms with E-state index in [0.29, 0.717) is 5.92 Å². The lowest BCUT2D eigenvalue weighted by atomic mass is 10.1. The molecule has 0 spiro atoms. The van der Waals surface area contributed by atoms with Gasteiger partial charge in [-0.2, -0.15) is 0 Å². The minimum absolute atomic E-state index is 0.0469. The molecule has 4 nitrogen and oxygen atoms in total. The van der Waals surface area contributed by atoms with E-state index in [0.717, 1.165) is 35.1 Å². The minimum atomic E-state index is -0.816. The predicted molar refractivity (Wildman–Crippen MR) is 57.3 cm³/mol. The summed E-state index contributed by atoms with van der Waals surface area (Å²) in [6, 6.07) is 5.46. The van der Waals surface area contributed by atoms with E-state index >= 15 is 0 Å². The van der Waals surface area contributed by atoms with Gasteiger partial charge in [-0.05, 0) is 30.5 Å². The molecule has 0 amide bonds. The van der Waals surface area contributed by atoms with Crippen LogP contribution >= 0.6 is 0 Å². The van der Waals surface area contributed by atoms with Gasteiger partial charge < -0.3 is 9.63 Å². The molecule has 0 saturated heterocycles. The number of hydrogen-bond donors (Lipinski definition) is 1. The molecule has 1 aromatic heterocycles. The lowest BCUT2D eigenvalue weighted by molar-refractivity contribution is -0.136. The average molecular weight is 217 g/mol. The molecule has 0 aliphatic heterocycles. The van der Waals surface area contributed by atoms with Crippen LogP contribution < -0.4 is 0 Å². The summed E-state index contributed by atoms with van der Waals surface area (Å²) in [6.07, 6.45) is 2.36. The summed E-state index contributed by atoms with van der Waals surface area (Å²) in [4.78, 5) is 10.6. The van der Waals surface area contributed by atoms with Gasteiger partial charge in [0.2, 0.25) is 0 Å². The summed E-state index contributed by atoms with van der Waals surface area (Å²) in [5, 5.41) is 13.8. The van der Waals surface area contributed by atoms with Crippen LogP contribution in [-0.2, 0) is 11.2 Å². The predicted octanol–water partition coefficient (Wildman–Crippen LogP) is 2.33. The van der Waals surface area contributed by atoms with E-state index in [2.05, 4.69) is 5.16 Å². The molecule has 3 rings (SSSR count). The van der Waals surface area contributed by atoms with E-state index in [9.17, 15) is 4.79 Å². The lowest BCUT2D eigenvalue weighted by Gasteiger charge is -1.97. The zero-order valence-corrected chi connectivity index (χ0v) is 8.64. The first kappa shape index (κ1) is 9.39. The smallest absolute Gasteiger partial charge is 0.307 e. The molecule has 1 N–H and O–H groups in total. The number of fused-ring (bicyclic) bond motifs is 1. The summed E-state index contributed by atoms with van der Waals surface area (Å²) in [6.45, 7) is 0. The number of hydrogen-bond acceptors (Lipinski definition) is 3. The van der Waals surface area contributed by atoms with Crippen molar-refractivity contribution >= 4 is 16.9 Å². The Morgan fingerprint density at radius 2 is 2.31 bits per heavy atom. The van der Waals surface area contributed by atoms with E-state index in [1.807, 2.05) is 6.07 Å². The van der Waals surface area contributed by atoms with Crippen molar-refractivity contribution in [3.8, 4) is 0 Å². The van der Waals surface area contributed by atoms with Crippen molar-refractivity contribution in [3.63, 3.8) is 0 Å². The quantitative estimate of drug-likeness (QED) is 0.857. The molecule has 2 aromatic rings. The fourth-order valence-corrected chi connectivity index (χ4v) is 1.94. The molecule has 0 bridgehead atoms. The Bertz CT molecular complexity index is 554. The van der Waals surface area contributed by atoms with Gasteiger partial charge in [-0.15, -0.1) is 0 Å². The highest BCUT2D eigenvalue weighted by Gasteiger charge is 2.29. The minimum Gasteiger partial charge on any atom is -0.481 e. The Hall–Kier alpha value is -1.84. The second-order valence-electron chi connectivity index (χ2n) is 4.24. The molecule has 0 atom stereocenters. The first-order valence-electron chi connectivity index (χ1n) is 5.34. The monoisotopic (exact) mass is 217 g/mol. The van der Waals surface area contributed by atoms with Crippen molar-refractivity contribution in [1.82, 2.24) is 5.16 Å². The molecule has 16 heavy (non-hydrogen) atoms. The van der Waals surface area contributed by atoms with Crippen molar-refractivity contribution in [2.24, 2.45) is 0 Å². The third-order valence-electron chi connectivity index (χ3n) is 2.88. The van der Waals surface area contributed by atoms with E-state index in [1.54, 1.807) is 12.1 Å². The van der Waals surface area contributed by atoms with Gasteiger partial charge >= 0.3 is 5.97 Å². The van der Waals surface area contributed by atoms with Gasteiger partial charge in [0.1, 0.15) is 0 Å². The second kappa shape index (κ2) is 3.33. The van der Waals surface area contributed by atoms with Crippen molar-refractivity contribution in [2.45, 2.75) is 25.2 Å². The maximum absolute atomic E-state index is 10.6. The topological polar surface area (TPSA) is 63.3 Å². The first-order chi connectivity index (χ1) is 7.74. The van der Waals surface area contributed by atoms with Crippen LogP contribution in [0.2, 0.25) is 0 Å². The third-order valence-corrected chi connectivity index (χ3v) is 2.88. The zero-order valence-electron chi connectivity index (χ0n) is 8.64. The van der Waals surface area contributed by atoms with Crippen LogP contribution in [0.3, 0.4) is 0 Å².